The van der Waals surface area contributed by atoms with E-state index in [-0.39, 0.29) is 17.6 Å². The molecule has 8 heteroatoms. The van der Waals surface area contributed by atoms with Gasteiger partial charge in [0.25, 0.3) is 5.91 Å². The monoisotopic (exact) mass is 445 g/mol. The van der Waals surface area contributed by atoms with Crippen molar-refractivity contribution in [1.82, 2.24) is 0 Å². The molecule has 1 aromatic carbocycles. The number of esters is 2. The molecule has 1 aliphatic carbocycles. The molecule has 166 valence electrons. The molecular formula is C23H27NO6S. The summed E-state index contributed by atoms with van der Waals surface area (Å²) in [6, 6.07) is 7.60. The van der Waals surface area contributed by atoms with Crippen LogP contribution in [0.2, 0.25) is 0 Å². The lowest BCUT2D eigenvalue weighted by molar-refractivity contribution is -0.142. The molecule has 0 fully saturated rings. The van der Waals surface area contributed by atoms with Gasteiger partial charge >= 0.3 is 11.9 Å². The van der Waals surface area contributed by atoms with E-state index < -0.39 is 23.8 Å². The van der Waals surface area contributed by atoms with Gasteiger partial charge in [-0.2, -0.15) is 0 Å². The Balaban J connectivity index is 1.73. The van der Waals surface area contributed by atoms with E-state index in [2.05, 4.69) is 26.1 Å². The zero-order valence-electron chi connectivity index (χ0n) is 18.4. The molecule has 0 radical (unpaired) electrons. The summed E-state index contributed by atoms with van der Waals surface area (Å²) in [5.74, 6) is -1.35. The van der Waals surface area contributed by atoms with E-state index in [1.807, 2.05) is 24.3 Å². The van der Waals surface area contributed by atoms with E-state index in [0.29, 0.717) is 29.2 Å². The first-order valence-electron chi connectivity index (χ1n) is 10.0. The van der Waals surface area contributed by atoms with E-state index in [4.69, 9.17) is 14.2 Å². The third-order valence-electron chi connectivity index (χ3n) is 5.25. The smallest absolute Gasteiger partial charge is 0.341 e. The third kappa shape index (κ3) is 4.90. The highest BCUT2D eigenvalue weighted by molar-refractivity contribution is 7.17. The summed E-state index contributed by atoms with van der Waals surface area (Å²) in [4.78, 5) is 38.0. The van der Waals surface area contributed by atoms with Gasteiger partial charge < -0.3 is 19.5 Å². The maximum absolute atomic E-state index is 12.5. The molecule has 2 aromatic rings. The summed E-state index contributed by atoms with van der Waals surface area (Å²) in [5.41, 5.74) is 2.01. The number of anilines is 1. The Morgan fingerprint density at radius 3 is 2.35 bits per heavy atom. The predicted molar refractivity (Wildman–Crippen MR) is 118 cm³/mol. The molecule has 1 amide bonds. The Bertz CT molecular complexity index is 987. The van der Waals surface area contributed by atoms with Crippen molar-refractivity contribution in [1.29, 1.82) is 0 Å². The topological polar surface area (TPSA) is 90.9 Å². The average molecular weight is 446 g/mol. The molecule has 0 aliphatic heterocycles. The fraction of sp³-hybridized carbons (Fsp3) is 0.435. The van der Waals surface area contributed by atoms with E-state index in [1.54, 1.807) is 0 Å². The fourth-order valence-corrected chi connectivity index (χ4v) is 4.88. The summed E-state index contributed by atoms with van der Waals surface area (Å²) in [7, 11) is 2.59. The SMILES string of the molecule is COC(=O)c1c(NC(=O)COc2ccc(C(C)(C)C)cc2)sc2c1[C@@H](C(=O)OC)CC2. The van der Waals surface area contributed by atoms with Gasteiger partial charge in [0.2, 0.25) is 0 Å². The maximum atomic E-state index is 12.5. The first-order valence-corrected chi connectivity index (χ1v) is 10.8. The Morgan fingerprint density at radius 1 is 1.10 bits per heavy atom. The zero-order chi connectivity index (χ0) is 22.8. The number of carbonyl (C=O) groups is 3. The molecule has 0 bridgehead atoms. The highest BCUT2D eigenvalue weighted by Gasteiger charge is 2.38. The first kappa shape index (κ1) is 22.8. The Morgan fingerprint density at radius 2 is 1.77 bits per heavy atom. The molecule has 0 unspecified atom stereocenters. The zero-order valence-corrected chi connectivity index (χ0v) is 19.2. The summed E-state index contributed by atoms with van der Waals surface area (Å²) in [6.45, 7) is 6.16. The Kier molecular flexibility index (Phi) is 6.69. The normalized spacial score (nSPS) is 15.2. The highest BCUT2D eigenvalue weighted by Crippen LogP contribution is 2.45. The van der Waals surface area contributed by atoms with Crippen LogP contribution in [0.1, 0.15) is 59.5 Å². The van der Waals surface area contributed by atoms with E-state index >= 15 is 0 Å². The second kappa shape index (κ2) is 9.09. The van der Waals surface area contributed by atoms with Crippen molar-refractivity contribution in [2.75, 3.05) is 26.1 Å². The second-order valence-electron chi connectivity index (χ2n) is 8.36. The molecule has 0 spiro atoms. The number of hydrogen-bond donors (Lipinski definition) is 1. The molecule has 1 aromatic heterocycles. The van der Waals surface area contributed by atoms with E-state index in [1.165, 1.54) is 31.1 Å². The molecule has 1 atom stereocenters. The van der Waals surface area contributed by atoms with Crippen molar-refractivity contribution in [2.45, 2.75) is 44.9 Å². The van der Waals surface area contributed by atoms with Crippen LogP contribution in [0.25, 0.3) is 0 Å². The van der Waals surface area contributed by atoms with Crippen molar-refractivity contribution >= 4 is 34.2 Å². The maximum Gasteiger partial charge on any atom is 0.341 e. The third-order valence-corrected chi connectivity index (χ3v) is 6.43. The molecule has 31 heavy (non-hydrogen) atoms. The summed E-state index contributed by atoms with van der Waals surface area (Å²) in [5, 5.41) is 3.10. The summed E-state index contributed by atoms with van der Waals surface area (Å²) < 4.78 is 15.4. The fourth-order valence-electron chi connectivity index (χ4n) is 3.60. The highest BCUT2D eigenvalue weighted by atomic mass is 32.1. The lowest BCUT2D eigenvalue weighted by Gasteiger charge is -2.19. The number of aryl methyl sites for hydroxylation is 1. The minimum Gasteiger partial charge on any atom is -0.484 e. The number of amides is 1. The first-order chi connectivity index (χ1) is 14.7. The lowest BCUT2D eigenvalue weighted by atomic mass is 9.87. The number of benzene rings is 1. The standard InChI is InChI=1S/C23H27NO6S/c1-23(2,3)13-6-8-14(9-7-13)30-12-17(25)24-20-19(22(27)29-5)18-15(21(26)28-4)10-11-16(18)31-20/h6-9,15H,10-12H2,1-5H3,(H,24,25)/t15-/m0/s1. The van der Waals surface area contributed by atoms with Crippen LogP contribution in [0.3, 0.4) is 0 Å². The van der Waals surface area contributed by atoms with Crippen LogP contribution in [0, 0.1) is 0 Å². The van der Waals surface area contributed by atoms with Gasteiger partial charge in [-0.05, 0) is 41.5 Å². The van der Waals surface area contributed by atoms with Gasteiger partial charge in [-0.3, -0.25) is 9.59 Å². The van der Waals surface area contributed by atoms with Crippen LogP contribution in [0.15, 0.2) is 24.3 Å². The predicted octanol–water partition coefficient (Wildman–Crippen LogP) is 4.05. The van der Waals surface area contributed by atoms with Gasteiger partial charge in [0.05, 0.1) is 25.7 Å². The molecule has 1 heterocycles. The Labute approximate surface area is 185 Å². The van der Waals surface area contributed by atoms with Crippen molar-refractivity contribution < 1.29 is 28.6 Å². The van der Waals surface area contributed by atoms with Crippen LogP contribution >= 0.6 is 11.3 Å². The quantitative estimate of drug-likeness (QED) is 0.675. The van der Waals surface area contributed by atoms with E-state index in [0.717, 1.165) is 4.88 Å². The number of methoxy groups -OCH3 is 2. The van der Waals surface area contributed by atoms with Gasteiger partial charge in [0.15, 0.2) is 6.61 Å². The van der Waals surface area contributed by atoms with Gasteiger partial charge in [-0.15, -0.1) is 11.3 Å². The second-order valence-corrected chi connectivity index (χ2v) is 9.47. The molecule has 1 aliphatic rings. The molecular weight excluding hydrogens is 418 g/mol. The van der Waals surface area contributed by atoms with Gasteiger partial charge in [0, 0.05) is 4.88 Å². The number of fused-ring (bicyclic) bond motifs is 1. The number of hydrogen-bond acceptors (Lipinski definition) is 7. The number of nitrogens with one attached hydrogen (secondary N) is 1. The van der Waals surface area contributed by atoms with Crippen LogP contribution < -0.4 is 10.1 Å². The average Bonchev–Trinajstić information content (AvgIpc) is 3.29. The van der Waals surface area contributed by atoms with Crippen molar-refractivity contribution in [3.05, 3.63) is 45.8 Å². The number of carbonyl (C=O) groups excluding carboxylic acids is 3. The number of rotatable bonds is 6. The molecule has 0 saturated carbocycles. The Hall–Kier alpha value is -2.87. The van der Waals surface area contributed by atoms with Crippen LogP contribution in [0.5, 0.6) is 5.75 Å². The van der Waals surface area contributed by atoms with Crippen LogP contribution in [0.4, 0.5) is 5.00 Å². The largest absolute Gasteiger partial charge is 0.484 e. The van der Waals surface area contributed by atoms with Crippen molar-refractivity contribution in [3.63, 3.8) is 0 Å². The van der Waals surface area contributed by atoms with Crippen molar-refractivity contribution in [3.8, 4) is 5.75 Å². The summed E-state index contributed by atoms with van der Waals surface area (Å²) in [6.07, 6.45) is 1.20. The van der Waals surface area contributed by atoms with Crippen LogP contribution in [-0.2, 0) is 30.9 Å². The van der Waals surface area contributed by atoms with Gasteiger partial charge in [-0.25, -0.2) is 4.79 Å². The molecule has 0 saturated heterocycles. The van der Waals surface area contributed by atoms with Crippen LogP contribution in [-0.4, -0.2) is 38.7 Å². The number of ether oxygens (including phenoxy) is 3. The van der Waals surface area contributed by atoms with E-state index in [9.17, 15) is 14.4 Å². The van der Waals surface area contributed by atoms with Gasteiger partial charge in [0.1, 0.15) is 10.8 Å². The molecule has 7 nitrogen and oxygen atoms in total. The molecule has 3 rings (SSSR count). The lowest BCUT2D eigenvalue weighted by Crippen LogP contribution is -2.22. The minimum atomic E-state index is -0.595. The minimum absolute atomic E-state index is 0.0296. The summed E-state index contributed by atoms with van der Waals surface area (Å²) >= 11 is 1.28. The van der Waals surface area contributed by atoms with Gasteiger partial charge in [-0.1, -0.05) is 32.9 Å². The number of thiophene rings is 1. The molecule has 1 N–H and O–H groups in total. The van der Waals surface area contributed by atoms with Crippen molar-refractivity contribution in [2.24, 2.45) is 0 Å².